The molecular weight excluding hydrogens is 200 g/mol. The van der Waals surface area contributed by atoms with Gasteiger partial charge in [-0.25, -0.2) is 4.63 Å². The lowest BCUT2D eigenvalue weighted by molar-refractivity contribution is 0.0592. The van der Waals surface area contributed by atoms with Gasteiger partial charge >= 0.3 is 0 Å². The van der Waals surface area contributed by atoms with Gasteiger partial charge in [0, 0.05) is 20.7 Å². The lowest BCUT2D eigenvalue weighted by Crippen LogP contribution is -2.34. The molecule has 0 aliphatic carbocycles. The first-order valence-electron chi connectivity index (χ1n) is 4.42. The predicted octanol–water partition coefficient (Wildman–Crippen LogP) is -0.241. The van der Waals surface area contributed by atoms with Crippen molar-refractivity contribution in [1.29, 1.82) is 0 Å². The van der Waals surface area contributed by atoms with E-state index >= 15 is 0 Å². The lowest BCUT2D eigenvalue weighted by atomic mass is 10.3. The predicted molar refractivity (Wildman–Crippen MR) is 52.1 cm³/mol. The van der Waals surface area contributed by atoms with Crippen LogP contribution in [0.5, 0.6) is 0 Å². The summed E-state index contributed by atoms with van der Waals surface area (Å²) in [5, 5.41) is 6.76. The molecule has 0 spiro atoms. The SMILES string of the molecule is CO[C@@H](C)CN(C)C(=O)c1nonc1N. The second-order valence-electron chi connectivity index (χ2n) is 3.23. The van der Waals surface area contributed by atoms with Crippen LogP contribution < -0.4 is 5.73 Å². The second kappa shape index (κ2) is 4.74. The summed E-state index contributed by atoms with van der Waals surface area (Å²) >= 11 is 0. The highest BCUT2D eigenvalue weighted by Crippen LogP contribution is 2.07. The van der Waals surface area contributed by atoms with E-state index in [-0.39, 0.29) is 23.5 Å². The molecule has 84 valence electrons. The van der Waals surface area contributed by atoms with Gasteiger partial charge in [-0.1, -0.05) is 0 Å². The lowest BCUT2D eigenvalue weighted by Gasteiger charge is -2.19. The molecule has 1 rings (SSSR count). The molecule has 15 heavy (non-hydrogen) atoms. The third-order valence-corrected chi connectivity index (χ3v) is 2.00. The average Bonchev–Trinajstić information content (AvgIpc) is 2.63. The van der Waals surface area contributed by atoms with Crippen LogP contribution in [0.1, 0.15) is 17.4 Å². The van der Waals surface area contributed by atoms with Crippen LogP contribution in [0.2, 0.25) is 0 Å². The molecule has 1 aromatic rings. The smallest absolute Gasteiger partial charge is 0.279 e. The van der Waals surface area contributed by atoms with Crippen molar-refractivity contribution in [3.05, 3.63) is 5.69 Å². The zero-order valence-corrected chi connectivity index (χ0v) is 8.93. The average molecular weight is 214 g/mol. The highest BCUT2D eigenvalue weighted by molar-refractivity contribution is 5.95. The van der Waals surface area contributed by atoms with E-state index in [1.807, 2.05) is 6.92 Å². The fourth-order valence-corrected chi connectivity index (χ4v) is 1.07. The maximum Gasteiger partial charge on any atom is 0.279 e. The molecule has 2 N–H and O–H groups in total. The van der Waals surface area contributed by atoms with Crippen LogP contribution in [0.15, 0.2) is 4.63 Å². The number of aromatic nitrogens is 2. The Kier molecular flexibility index (Phi) is 3.62. The van der Waals surface area contributed by atoms with Gasteiger partial charge in [0.2, 0.25) is 11.5 Å². The molecule has 1 heterocycles. The maximum absolute atomic E-state index is 11.7. The molecule has 0 unspecified atom stereocenters. The highest BCUT2D eigenvalue weighted by Gasteiger charge is 2.21. The number of hydrogen-bond acceptors (Lipinski definition) is 6. The minimum Gasteiger partial charge on any atom is -0.380 e. The quantitative estimate of drug-likeness (QED) is 0.743. The number of methoxy groups -OCH3 is 1. The van der Waals surface area contributed by atoms with E-state index in [2.05, 4.69) is 14.9 Å². The van der Waals surface area contributed by atoms with Gasteiger partial charge in [-0.2, -0.15) is 0 Å². The Morgan fingerprint density at radius 2 is 2.33 bits per heavy atom. The first-order valence-corrected chi connectivity index (χ1v) is 4.42. The van der Waals surface area contributed by atoms with E-state index in [4.69, 9.17) is 10.5 Å². The number of rotatable bonds is 4. The Labute approximate surface area is 87.1 Å². The van der Waals surface area contributed by atoms with E-state index in [1.165, 1.54) is 4.90 Å². The van der Waals surface area contributed by atoms with Crippen molar-refractivity contribution in [2.75, 3.05) is 26.4 Å². The molecule has 1 atom stereocenters. The standard InChI is InChI=1S/C8H14N4O3/c1-5(14-3)4-12(2)8(13)6-7(9)11-15-10-6/h5H,4H2,1-3H3,(H2,9,11)/t5-/m0/s1. The first-order chi connectivity index (χ1) is 7.06. The number of nitrogen functional groups attached to an aromatic ring is 1. The minimum absolute atomic E-state index is 0.00285. The van der Waals surface area contributed by atoms with Gasteiger partial charge < -0.3 is 15.4 Å². The normalized spacial score (nSPS) is 12.5. The molecule has 0 saturated carbocycles. The Bertz CT molecular complexity index is 338. The molecule has 0 radical (unpaired) electrons. The largest absolute Gasteiger partial charge is 0.380 e. The molecule has 0 aromatic carbocycles. The van der Waals surface area contributed by atoms with Gasteiger partial charge in [0.15, 0.2) is 0 Å². The zero-order valence-electron chi connectivity index (χ0n) is 8.93. The van der Waals surface area contributed by atoms with Crippen LogP contribution in [0.25, 0.3) is 0 Å². The third-order valence-electron chi connectivity index (χ3n) is 2.00. The van der Waals surface area contributed by atoms with E-state index in [0.29, 0.717) is 6.54 Å². The number of carbonyl (C=O) groups is 1. The monoisotopic (exact) mass is 214 g/mol. The van der Waals surface area contributed by atoms with E-state index in [1.54, 1.807) is 14.2 Å². The van der Waals surface area contributed by atoms with Crippen molar-refractivity contribution in [3.63, 3.8) is 0 Å². The number of amides is 1. The molecule has 0 aliphatic rings. The molecular formula is C8H14N4O3. The summed E-state index contributed by atoms with van der Waals surface area (Å²) in [7, 11) is 3.21. The molecule has 0 aliphatic heterocycles. The molecule has 0 fully saturated rings. The zero-order chi connectivity index (χ0) is 11.4. The number of nitrogens with zero attached hydrogens (tertiary/aromatic N) is 3. The van der Waals surface area contributed by atoms with E-state index < -0.39 is 0 Å². The van der Waals surface area contributed by atoms with Crippen molar-refractivity contribution >= 4 is 11.7 Å². The molecule has 0 saturated heterocycles. The summed E-state index contributed by atoms with van der Waals surface area (Å²) in [6, 6.07) is 0. The number of anilines is 1. The summed E-state index contributed by atoms with van der Waals surface area (Å²) in [5.74, 6) is -0.338. The number of nitrogens with two attached hydrogens (primary N) is 1. The summed E-state index contributed by atoms with van der Waals surface area (Å²) in [6.45, 7) is 2.30. The van der Waals surface area contributed by atoms with Crippen LogP contribution in [0.4, 0.5) is 5.82 Å². The number of likely N-dealkylation sites (N-methyl/N-ethyl adjacent to an activating group) is 1. The Morgan fingerprint density at radius 1 is 1.67 bits per heavy atom. The molecule has 7 heteroatoms. The molecule has 7 nitrogen and oxygen atoms in total. The third kappa shape index (κ3) is 2.66. The number of carbonyl (C=O) groups excluding carboxylic acids is 1. The summed E-state index contributed by atoms with van der Waals surface area (Å²) in [5.41, 5.74) is 5.42. The van der Waals surface area contributed by atoms with Crippen LogP contribution >= 0.6 is 0 Å². The Balaban J connectivity index is 2.65. The van der Waals surface area contributed by atoms with E-state index in [0.717, 1.165) is 0 Å². The van der Waals surface area contributed by atoms with Crippen LogP contribution in [-0.4, -0.2) is 47.9 Å². The van der Waals surface area contributed by atoms with Gasteiger partial charge in [0.1, 0.15) is 0 Å². The van der Waals surface area contributed by atoms with E-state index in [9.17, 15) is 4.79 Å². The maximum atomic E-state index is 11.7. The van der Waals surface area contributed by atoms with Crippen LogP contribution in [0, 0.1) is 0 Å². The van der Waals surface area contributed by atoms with Gasteiger partial charge in [0.25, 0.3) is 5.91 Å². The van der Waals surface area contributed by atoms with Gasteiger partial charge in [-0.3, -0.25) is 4.79 Å². The van der Waals surface area contributed by atoms with Crippen molar-refractivity contribution < 1.29 is 14.2 Å². The fraction of sp³-hybridized carbons (Fsp3) is 0.625. The first kappa shape index (κ1) is 11.4. The van der Waals surface area contributed by atoms with Crippen molar-refractivity contribution in [2.45, 2.75) is 13.0 Å². The van der Waals surface area contributed by atoms with Gasteiger partial charge in [-0.05, 0) is 17.2 Å². The molecule has 1 aromatic heterocycles. The van der Waals surface area contributed by atoms with Gasteiger partial charge in [-0.15, -0.1) is 0 Å². The van der Waals surface area contributed by atoms with Crippen LogP contribution in [-0.2, 0) is 4.74 Å². The Morgan fingerprint density at radius 3 is 2.80 bits per heavy atom. The van der Waals surface area contributed by atoms with Crippen LogP contribution in [0.3, 0.4) is 0 Å². The summed E-state index contributed by atoms with van der Waals surface area (Å²) in [4.78, 5) is 13.2. The van der Waals surface area contributed by atoms with Crippen molar-refractivity contribution in [3.8, 4) is 0 Å². The Hall–Kier alpha value is -1.63. The molecule has 1 amide bonds. The second-order valence-corrected chi connectivity index (χ2v) is 3.23. The van der Waals surface area contributed by atoms with Gasteiger partial charge in [0.05, 0.1) is 6.10 Å². The fourth-order valence-electron chi connectivity index (χ4n) is 1.07. The van der Waals surface area contributed by atoms with Crippen molar-refractivity contribution in [2.24, 2.45) is 0 Å². The topological polar surface area (TPSA) is 94.5 Å². The summed E-state index contributed by atoms with van der Waals surface area (Å²) < 4.78 is 9.38. The number of ether oxygens (including phenoxy) is 1. The minimum atomic E-state index is -0.336. The molecule has 0 bridgehead atoms. The number of hydrogen-bond donors (Lipinski definition) is 1. The highest BCUT2D eigenvalue weighted by atomic mass is 16.6. The summed E-state index contributed by atoms with van der Waals surface area (Å²) in [6.07, 6.45) is -0.0555. The van der Waals surface area contributed by atoms with Crippen molar-refractivity contribution in [1.82, 2.24) is 15.2 Å².